The highest BCUT2D eigenvalue weighted by Gasteiger charge is 2.41. The van der Waals surface area contributed by atoms with Gasteiger partial charge in [0.05, 0.1) is 6.10 Å². The van der Waals surface area contributed by atoms with E-state index >= 15 is 0 Å². The van der Waals surface area contributed by atoms with Crippen molar-refractivity contribution >= 4 is 11.8 Å². The molecule has 2 atom stereocenters. The summed E-state index contributed by atoms with van der Waals surface area (Å²) in [4.78, 5) is 24.4. The third kappa shape index (κ3) is 9.08. The number of carbonyl (C=O) groups is 2. The summed E-state index contributed by atoms with van der Waals surface area (Å²) in [7, 11) is 0. The summed E-state index contributed by atoms with van der Waals surface area (Å²) >= 11 is 0. The fraction of sp³-hybridized carbons (Fsp3) is 0.588. The summed E-state index contributed by atoms with van der Waals surface area (Å²) < 4.78 is 5.28. The minimum Gasteiger partial charge on any atom is -0.460 e. The van der Waals surface area contributed by atoms with E-state index in [1.165, 1.54) is 17.6 Å². The van der Waals surface area contributed by atoms with Gasteiger partial charge < -0.3 is 9.84 Å². The number of allylic oxidation sites excluding steroid dienone is 5. The molecule has 0 heterocycles. The molecule has 0 radical (unpaired) electrons. The number of benzene rings is 1. The molecular weight excluding hydrogens is 472 g/mol. The molecule has 4 nitrogen and oxygen atoms in total. The summed E-state index contributed by atoms with van der Waals surface area (Å²) in [5.74, 6) is -0.565. The van der Waals surface area contributed by atoms with E-state index in [4.69, 9.17) is 4.74 Å². The predicted octanol–water partition coefficient (Wildman–Crippen LogP) is 7.85. The first-order valence-electron chi connectivity index (χ1n) is 14.5. The number of aliphatic hydroxyl groups is 1. The number of ether oxygens (including phenoxy) is 1. The molecule has 0 bridgehead atoms. The lowest BCUT2D eigenvalue weighted by molar-refractivity contribution is -0.156. The molecule has 0 aromatic heterocycles. The molecule has 0 aliphatic heterocycles. The van der Waals surface area contributed by atoms with Gasteiger partial charge in [-0.1, -0.05) is 86.1 Å². The smallest absolute Gasteiger partial charge is 0.313 e. The molecule has 3 rings (SSSR count). The van der Waals surface area contributed by atoms with E-state index in [0.717, 1.165) is 57.8 Å². The van der Waals surface area contributed by atoms with Gasteiger partial charge in [0.1, 0.15) is 17.8 Å². The Morgan fingerprint density at radius 2 is 1.79 bits per heavy atom. The number of hydrogen-bond donors (Lipinski definition) is 1. The highest BCUT2D eigenvalue weighted by atomic mass is 16.6. The second-order valence-electron chi connectivity index (χ2n) is 12.6. The number of aliphatic hydroxyl groups excluding tert-OH is 1. The Bertz CT molecular complexity index is 1010. The fourth-order valence-electron chi connectivity index (χ4n) is 5.88. The SMILES string of the molecule is CC(C)(C)OC(=O)CC(=O)C/C=C1\CCCC[C@@]1(C)/C=C/C=C/[C@H](O)C1(CCCc2ccccc2)CCC1. The average molecular weight is 521 g/mol. The Balaban J connectivity index is 1.54. The topological polar surface area (TPSA) is 63.6 Å². The maximum Gasteiger partial charge on any atom is 0.313 e. The van der Waals surface area contributed by atoms with Crippen LogP contribution in [0, 0.1) is 10.8 Å². The van der Waals surface area contributed by atoms with Gasteiger partial charge in [0.25, 0.3) is 0 Å². The van der Waals surface area contributed by atoms with Gasteiger partial charge in [0.15, 0.2) is 0 Å². The zero-order valence-electron chi connectivity index (χ0n) is 24.0. The molecule has 1 aromatic carbocycles. The van der Waals surface area contributed by atoms with E-state index in [1.807, 2.05) is 39.0 Å². The van der Waals surface area contributed by atoms with Crippen molar-refractivity contribution in [2.24, 2.45) is 10.8 Å². The van der Waals surface area contributed by atoms with Crippen molar-refractivity contribution in [2.75, 3.05) is 0 Å². The Kier molecular flexibility index (Phi) is 10.7. The average Bonchev–Trinajstić information content (AvgIpc) is 2.82. The van der Waals surface area contributed by atoms with Crippen LogP contribution in [-0.2, 0) is 20.7 Å². The summed E-state index contributed by atoms with van der Waals surface area (Å²) in [6, 6.07) is 10.6. The van der Waals surface area contributed by atoms with Crippen LogP contribution in [0.1, 0.15) is 104 Å². The van der Waals surface area contributed by atoms with Crippen LogP contribution in [0.2, 0.25) is 0 Å². The van der Waals surface area contributed by atoms with E-state index in [-0.39, 0.29) is 29.5 Å². The number of hydrogen-bond acceptors (Lipinski definition) is 4. The highest BCUT2D eigenvalue weighted by Crippen LogP contribution is 2.48. The molecule has 4 heteroatoms. The Hall–Kier alpha value is -2.46. The van der Waals surface area contributed by atoms with Crippen molar-refractivity contribution < 1.29 is 19.4 Å². The third-order valence-electron chi connectivity index (χ3n) is 8.29. The molecular formula is C34H48O4. The lowest BCUT2D eigenvalue weighted by Crippen LogP contribution is -2.40. The Labute approximate surface area is 230 Å². The maximum atomic E-state index is 12.4. The minimum absolute atomic E-state index is 0.0213. The van der Waals surface area contributed by atoms with Crippen molar-refractivity contribution in [3.8, 4) is 0 Å². The Morgan fingerprint density at radius 3 is 2.45 bits per heavy atom. The summed E-state index contributed by atoms with van der Waals surface area (Å²) in [6.45, 7) is 7.65. The zero-order valence-corrected chi connectivity index (χ0v) is 24.0. The van der Waals surface area contributed by atoms with Crippen molar-refractivity contribution in [3.05, 3.63) is 71.8 Å². The zero-order chi connectivity index (χ0) is 27.7. The van der Waals surface area contributed by atoms with Crippen LogP contribution >= 0.6 is 0 Å². The predicted molar refractivity (Wildman–Crippen MR) is 155 cm³/mol. The van der Waals surface area contributed by atoms with Crippen LogP contribution in [0.15, 0.2) is 66.3 Å². The van der Waals surface area contributed by atoms with E-state index in [2.05, 4.69) is 49.4 Å². The number of carbonyl (C=O) groups excluding carboxylic acids is 2. The lowest BCUT2D eigenvalue weighted by atomic mass is 9.62. The van der Waals surface area contributed by atoms with Crippen LogP contribution < -0.4 is 0 Å². The molecule has 0 unspecified atom stereocenters. The van der Waals surface area contributed by atoms with Gasteiger partial charge in [-0.2, -0.15) is 0 Å². The van der Waals surface area contributed by atoms with Crippen LogP contribution in [0.3, 0.4) is 0 Å². The monoisotopic (exact) mass is 520 g/mol. The first-order valence-corrected chi connectivity index (χ1v) is 14.5. The molecule has 2 saturated carbocycles. The van der Waals surface area contributed by atoms with Gasteiger partial charge in [-0.05, 0) is 83.1 Å². The maximum absolute atomic E-state index is 12.4. The molecule has 0 spiro atoms. The Morgan fingerprint density at radius 1 is 1.05 bits per heavy atom. The molecule has 2 aliphatic carbocycles. The quantitative estimate of drug-likeness (QED) is 0.132. The number of aryl methyl sites for hydroxylation is 1. The van der Waals surface area contributed by atoms with E-state index in [9.17, 15) is 14.7 Å². The molecule has 1 aromatic rings. The molecule has 2 fully saturated rings. The van der Waals surface area contributed by atoms with Crippen LogP contribution in [0.25, 0.3) is 0 Å². The van der Waals surface area contributed by atoms with Crippen LogP contribution in [0.4, 0.5) is 0 Å². The lowest BCUT2D eigenvalue weighted by Gasteiger charge is -2.45. The van der Waals surface area contributed by atoms with Crippen molar-refractivity contribution in [3.63, 3.8) is 0 Å². The van der Waals surface area contributed by atoms with Gasteiger partial charge in [0.2, 0.25) is 0 Å². The molecule has 38 heavy (non-hydrogen) atoms. The molecule has 0 saturated heterocycles. The minimum atomic E-state index is -0.579. The standard InChI is InChI=1S/C34H48O4/c1-32(2,3)38-31(37)26-29(35)20-19-28-17-8-10-21-33(28,4)22-11-9-18-30(36)34(24-13-25-34)23-12-16-27-14-6-5-7-15-27/h5-7,9,11,14-15,18-19,22,30,36H,8,10,12-13,16-17,20-21,23-26H2,1-4H3/b18-9+,22-11+,28-19+/t30-,33-/m0/s1. The summed E-state index contributed by atoms with van der Waals surface area (Å²) in [5.41, 5.74) is 1.97. The second kappa shape index (κ2) is 13.6. The normalized spacial score (nSPS) is 23.4. The summed E-state index contributed by atoms with van der Waals surface area (Å²) in [6.07, 6.45) is 20.9. The largest absolute Gasteiger partial charge is 0.460 e. The second-order valence-corrected chi connectivity index (χ2v) is 12.6. The van der Waals surface area contributed by atoms with Crippen molar-refractivity contribution in [1.29, 1.82) is 0 Å². The molecule has 1 N–H and O–H groups in total. The van der Waals surface area contributed by atoms with Crippen LogP contribution in [0.5, 0.6) is 0 Å². The number of esters is 1. The number of Topliss-reactive ketones (excluding diaryl/α,β-unsaturated/α-hetero) is 1. The molecule has 0 amide bonds. The van der Waals surface area contributed by atoms with E-state index in [0.29, 0.717) is 0 Å². The first-order chi connectivity index (χ1) is 18.0. The molecule has 2 aliphatic rings. The third-order valence-corrected chi connectivity index (χ3v) is 8.29. The van der Waals surface area contributed by atoms with Crippen molar-refractivity contribution in [2.45, 2.75) is 116 Å². The van der Waals surface area contributed by atoms with E-state index in [1.54, 1.807) is 0 Å². The van der Waals surface area contributed by atoms with E-state index < -0.39 is 17.7 Å². The highest BCUT2D eigenvalue weighted by molar-refractivity contribution is 5.96. The van der Waals surface area contributed by atoms with Gasteiger partial charge in [-0.3, -0.25) is 9.59 Å². The van der Waals surface area contributed by atoms with Gasteiger partial charge in [0, 0.05) is 11.8 Å². The van der Waals surface area contributed by atoms with Gasteiger partial charge in [-0.15, -0.1) is 0 Å². The van der Waals surface area contributed by atoms with Gasteiger partial charge >= 0.3 is 5.97 Å². The number of ketones is 1. The summed E-state index contributed by atoms with van der Waals surface area (Å²) in [5, 5.41) is 11.1. The van der Waals surface area contributed by atoms with Crippen molar-refractivity contribution in [1.82, 2.24) is 0 Å². The first kappa shape index (κ1) is 30.1. The van der Waals surface area contributed by atoms with Gasteiger partial charge in [-0.25, -0.2) is 0 Å². The van der Waals surface area contributed by atoms with Crippen LogP contribution in [-0.4, -0.2) is 28.6 Å². The number of rotatable bonds is 12. The molecule has 208 valence electrons. The fourth-order valence-corrected chi connectivity index (χ4v) is 5.88.